The number of nitrogens with zero attached hydrogens (tertiary/aromatic N) is 2. The van der Waals surface area contributed by atoms with E-state index < -0.39 is 5.97 Å². The Bertz CT molecular complexity index is 852. The molecule has 0 amide bonds. The maximum absolute atomic E-state index is 11.6. The van der Waals surface area contributed by atoms with Crippen LogP contribution in [0, 0.1) is 0 Å². The molecule has 2 aliphatic carbocycles. The number of nitrogens with one attached hydrogen (secondary N) is 1. The predicted octanol–water partition coefficient (Wildman–Crippen LogP) is 3.77. The molecule has 2 aromatic heterocycles. The van der Waals surface area contributed by atoms with Crippen molar-refractivity contribution in [3.05, 3.63) is 53.0 Å². The van der Waals surface area contributed by atoms with Crippen LogP contribution in [0.1, 0.15) is 45.9 Å². The highest BCUT2D eigenvalue weighted by atomic mass is 79.9. The first-order valence-corrected chi connectivity index (χ1v) is 8.84. The summed E-state index contributed by atoms with van der Waals surface area (Å²) in [6.45, 7) is 0. The third kappa shape index (κ3) is 2.75. The van der Waals surface area contributed by atoms with E-state index in [9.17, 15) is 9.90 Å². The summed E-state index contributed by atoms with van der Waals surface area (Å²) in [7, 11) is 2.02. The lowest BCUT2D eigenvalue weighted by atomic mass is 9.99. The van der Waals surface area contributed by atoms with Crippen molar-refractivity contribution >= 4 is 32.2 Å². The van der Waals surface area contributed by atoms with Gasteiger partial charge in [-0.1, -0.05) is 0 Å². The van der Waals surface area contributed by atoms with E-state index in [2.05, 4.69) is 42.9 Å². The van der Waals surface area contributed by atoms with E-state index in [1.165, 1.54) is 11.3 Å². The van der Waals surface area contributed by atoms with Gasteiger partial charge in [0.25, 0.3) is 0 Å². The summed E-state index contributed by atoms with van der Waals surface area (Å²) < 4.78 is 3.09. The Kier molecular flexibility index (Phi) is 3.72. The van der Waals surface area contributed by atoms with Crippen LogP contribution >= 0.6 is 15.9 Å². The van der Waals surface area contributed by atoms with Gasteiger partial charge in [0.05, 0.1) is 11.7 Å². The van der Waals surface area contributed by atoms with Crippen molar-refractivity contribution in [3.8, 4) is 0 Å². The summed E-state index contributed by atoms with van der Waals surface area (Å²) >= 11 is 3.62. The number of aryl methyl sites for hydroxylation is 1. The standard InChI is InChI=1S/C18H18BrN3O2/c1-22-5-4-11-6-13(8-15(19)16(11)22)21-17-14(18(23)24)7-12(9-20-17)10-2-3-10/h4-5,7-10,13H,2-3,6H2,1H3,(H,20,21)(H,23,24). The number of aromatic nitrogens is 2. The molecule has 1 atom stereocenters. The van der Waals surface area contributed by atoms with Gasteiger partial charge >= 0.3 is 5.97 Å². The molecular formula is C18H18BrN3O2. The summed E-state index contributed by atoms with van der Waals surface area (Å²) in [6, 6.07) is 3.87. The third-order valence-corrected chi connectivity index (χ3v) is 5.32. The Morgan fingerprint density at radius 1 is 1.46 bits per heavy atom. The average Bonchev–Trinajstić information content (AvgIpc) is 3.31. The molecule has 1 saturated carbocycles. The topological polar surface area (TPSA) is 67.2 Å². The minimum atomic E-state index is -0.938. The SMILES string of the molecule is Cn1ccc2c1C(Br)=CC(Nc1ncc(C3CC3)cc1C(=O)O)C2. The van der Waals surface area contributed by atoms with Crippen LogP contribution in [0.2, 0.25) is 0 Å². The first kappa shape index (κ1) is 15.4. The molecule has 2 heterocycles. The smallest absolute Gasteiger partial charge is 0.339 e. The molecule has 0 saturated heterocycles. The Morgan fingerprint density at radius 2 is 2.25 bits per heavy atom. The Labute approximate surface area is 148 Å². The number of hydrogen-bond acceptors (Lipinski definition) is 3. The van der Waals surface area contributed by atoms with Crippen LogP contribution in [0.25, 0.3) is 4.48 Å². The number of rotatable bonds is 4. The van der Waals surface area contributed by atoms with E-state index >= 15 is 0 Å². The van der Waals surface area contributed by atoms with Gasteiger partial charge in [-0.25, -0.2) is 9.78 Å². The van der Waals surface area contributed by atoms with Crippen molar-refractivity contribution < 1.29 is 9.90 Å². The van der Waals surface area contributed by atoms with E-state index in [-0.39, 0.29) is 11.6 Å². The highest BCUT2D eigenvalue weighted by Crippen LogP contribution is 2.40. The normalized spacial score (nSPS) is 19.6. The van der Waals surface area contributed by atoms with Gasteiger partial charge in [0.1, 0.15) is 11.4 Å². The third-order valence-electron chi connectivity index (χ3n) is 4.68. The number of hydrogen-bond donors (Lipinski definition) is 2. The Balaban J connectivity index is 1.62. The molecule has 2 aromatic rings. The second-order valence-corrected chi connectivity index (χ2v) is 7.37. The first-order chi connectivity index (χ1) is 11.5. The maximum atomic E-state index is 11.6. The van der Waals surface area contributed by atoms with E-state index in [0.717, 1.165) is 29.3 Å². The summed E-state index contributed by atoms with van der Waals surface area (Å²) in [5.74, 6) is -0.0140. The molecule has 4 rings (SSSR count). The van der Waals surface area contributed by atoms with Crippen molar-refractivity contribution in [2.24, 2.45) is 7.05 Å². The lowest BCUT2D eigenvalue weighted by Gasteiger charge is -2.23. The van der Waals surface area contributed by atoms with Crippen molar-refractivity contribution in [2.45, 2.75) is 31.2 Å². The number of carbonyl (C=O) groups is 1. The second-order valence-electron chi connectivity index (χ2n) is 6.51. The molecule has 1 fully saturated rings. The molecule has 5 nitrogen and oxygen atoms in total. The molecule has 6 heteroatoms. The predicted molar refractivity (Wildman–Crippen MR) is 96.6 cm³/mol. The number of fused-ring (bicyclic) bond motifs is 1. The van der Waals surface area contributed by atoms with Gasteiger partial charge in [0.2, 0.25) is 0 Å². The quantitative estimate of drug-likeness (QED) is 0.837. The number of carboxylic acids is 1. The molecule has 124 valence electrons. The summed E-state index contributed by atoms with van der Waals surface area (Å²) in [6.07, 6.45) is 8.97. The van der Waals surface area contributed by atoms with Gasteiger partial charge < -0.3 is 15.0 Å². The van der Waals surface area contributed by atoms with E-state index in [1.54, 1.807) is 6.07 Å². The molecule has 24 heavy (non-hydrogen) atoms. The average molecular weight is 388 g/mol. The van der Waals surface area contributed by atoms with Crippen molar-refractivity contribution in [3.63, 3.8) is 0 Å². The van der Waals surface area contributed by atoms with Crippen LogP contribution in [0.5, 0.6) is 0 Å². The van der Waals surface area contributed by atoms with Crippen LogP contribution in [-0.2, 0) is 13.5 Å². The fourth-order valence-electron chi connectivity index (χ4n) is 3.29. The number of pyridine rings is 1. The lowest BCUT2D eigenvalue weighted by molar-refractivity contribution is 0.0697. The van der Waals surface area contributed by atoms with Gasteiger partial charge in [-0.3, -0.25) is 0 Å². The van der Waals surface area contributed by atoms with Crippen LogP contribution < -0.4 is 5.32 Å². The van der Waals surface area contributed by atoms with Crippen LogP contribution in [0.4, 0.5) is 5.82 Å². The fourth-order valence-corrected chi connectivity index (χ4v) is 4.14. The van der Waals surface area contributed by atoms with Gasteiger partial charge in [-0.2, -0.15) is 0 Å². The molecule has 0 aromatic carbocycles. The number of halogens is 1. The minimum absolute atomic E-state index is 0.00616. The van der Waals surface area contributed by atoms with E-state index in [0.29, 0.717) is 11.7 Å². The summed E-state index contributed by atoms with van der Waals surface area (Å²) in [5, 5.41) is 12.8. The molecule has 0 bridgehead atoms. The molecule has 2 aliphatic rings. The van der Waals surface area contributed by atoms with Crippen LogP contribution in [0.3, 0.4) is 0 Å². The largest absolute Gasteiger partial charge is 0.478 e. The highest BCUT2D eigenvalue weighted by molar-refractivity contribution is 9.15. The Hall–Kier alpha value is -2.08. The summed E-state index contributed by atoms with van der Waals surface area (Å²) in [5.41, 5.74) is 3.69. The zero-order valence-electron chi connectivity index (χ0n) is 13.3. The van der Waals surface area contributed by atoms with Crippen molar-refractivity contribution in [2.75, 3.05) is 5.32 Å². The van der Waals surface area contributed by atoms with Crippen LogP contribution in [0.15, 0.2) is 30.6 Å². The minimum Gasteiger partial charge on any atom is -0.478 e. The molecule has 2 N–H and O–H groups in total. The van der Waals surface area contributed by atoms with Gasteiger partial charge in [-0.05, 0) is 70.4 Å². The van der Waals surface area contributed by atoms with Gasteiger partial charge in [-0.15, -0.1) is 0 Å². The number of carboxylic acid groups (broad SMARTS) is 1. The maximum Gasteiger partial charge on any atom is 0.339 e. The molecule has 0 radical (unpaired) electrons. The lowest BCUT2D eigenvalue weighted by Crippen LogP contribution is -2.25. The molecular weight excluding hydrogens is 370 g/mol. The second kappa shape index (κ2) is 5.77. The highest BCUT2D eigenvalue weighted by Gasteiger charge is 2.27. The monoisotopic (exact) mass is 387 g/mol. The van der Waals surface area contributed by atoms with Crippen molar-refractivity contribution in [1.29, 1.82) is 0 Å². The molecule has 1 unspecified atom stereocenters. The zero-order valence-corrected chi connectivity index (χ0v) is 14.9. The van der Waals surface area contributed by atoms with E-state index in [4.69, 9.17) is 0 Å². The number of aromatic carboxylic acids is 1. The van der Waals surface area contributed by atoms with Gasteiger partial charge in [0, 0.05) is 23.9 Å². The fraction of sp³-hybridized carbons (Fsp3) is 0.333. The number of anilines is 1. The van der Waals surface area contributed by atoms with Crippen LogP contribution in [-0.4, -0.2) is 26.7 Å². The first-order valence-electron chi connectivity index (χ1n) is 8.04. The molecule has 0 spiro atoms. The van der Waals surface area contributed by atoms with E-state index in [1.807, 2.05) is 19.4 Å². The zero-order chi connectivity index (χ0) is 16.8. The van der Waals surface area contributed by atoms with Gasteiger partial charge in [0.15, 0.2) is 0 Å². The molecule has 0 aliphatic heterocycles. The van der Waals surface area contributed by atoms with Crippen molar-refractivity contribution in [1.82, 2.24) is 9.55 Å². The summed E-state index contributed by atoms with van der Waals surface area (Å²) in [4.78, 5) is 16.0. The Morgan fingerprint density at radius 3 is 2.96 bits per heavy atom.